The third-order valence-corrected chi connectivity index (χ3v) is 5.96. The van der Waals surface area contributed by atoms with E-state index in [9.17, 15) is 4.79 Å². The van der Waals surface area contributed by atoms with Crippen LogP contribution in [0.4, 0.5) is 5.69 Å². The maximum absolute atomic E-state index is 12.2. The number of carbonyl (C=O) groups excluding carboxylic acids is 1. The second-order valence-corrected chi connectivity index (χ2v) is 7.97. The number of ether oxygens (including phenoxy) is 1. The van der Waals surface area contributed by atoms with Crippen molar-refractivity contribution in [3.63, 3.8) is 0 Å². The fourth-order valence-electron chi connectivity index (χ4n) is 4.52. The summed E-state index contributed by atoms with van der Waals surface area (Å²) >= 11 is 0. The van der Waals surface area contributed by atoms with Crippen LogP contribution in [0.15, 0.2) is 42.5 Å². The normalized spacial score (nSPS) is 17.8. The lowest BCUT2D eigenvalue weighted by atomic mass is 9.91. The minimum atomic E-state index is -0.0386. The van der Waals surface area contributed by atoms with Gasteiger partial charge in [-0.1, -0.05) is 30.3 Å². The fraction of sp³-hybridized carbons (Fsp3) is 0.458. The van der Waals surface area contributed by atoms with E-state index in [2.05, 4.69) is 47.5 Å². The molecule has 4 nitrogen and oxygen atoms in total. The lowest BCUT2D eigenvalue weighted by Gasteiger charge is -2.25. The highest BCUT2D eigenvalue weighted by Crippen LogP contribution is 2.31. The van der Waals surface area contributed by atoms with Crippen molar-refractivity contribution in [1.82, 2.24) is 5.32 Å². The first-order valence-electron chi connectivity index (χ1n) is 10.6. The maximum Gasteiger partial charge on any atom is 0.257 e. The number of nitrogens with zero attached hydrogens (tertiary/aromatic N) is 1. The molecule has 0 fully saturated rings. The molecule has 148 valence electrons. The van der Waals surface area contributed by atoms with Gasteiger partial charge >= 0.3 is 0 Å². The van der Waals surface area contributed by atoms with Crippen molar-refractivity contribution in [1.29, 1.82) is 0 Å². The van der Waals surface area contributed by atoms with Crippen molar-refractivity contribution in [2.24, 2.45) is 0 Å². The van der Waals surface area contributed by atoms with Crippen LogP contribution in [-0.2, 0) is 24.1 Å². The highest BCUT2D eigenvalue weighted by Gasteiger charge is 2.24. The van der Waals surface area contributed by atoms with E-state index in [4.69, 9.17) is 4.74 Å². The third-order valence-electron chi connectivity index (χ3n) is 5.96. The molecule has 0 aromatic heterocycles. The molecule has 0 radical (unpaired) electrons. The molecular weight excluding hydrogens is 348 g/mol. The van der Waals surface area contributed by atoms with Crippen LogP contribution in [0.3, 0.4) is 0 Å². The Hall–Kier alpha value is -2.49. The summed E-state index contributed by atoms with van der Waals surface area (Å²) in [6.07, 6.45) is 6.68. The van der Waals surface area contributed by atoms with Crippen molar-refractivity contribution >= 4 is 11.6 Å². The minimum absolute atomic E-state index is 0.0386. The summed E-state index contributed by atoms with van der Waals surface area (Å²) in [5, 5.41) is 3.01. The number of rotatable bonds is 7. The molecule has 4 rings (SSSR count). The molecule has 0 bridgehead atoms. The summed E-state index contributed by atoms with van der Waals surface area (Å²) in [6, 6.07) is 15.4. The first-order chi connectivity index (χ1) is 13.7. The second-order valence-electron chi connectivity index (χ2n) is 7.97. The summed E-state index contributed by atoms with van der Waals surface area (Å²) in [7, 11) is 0. The zero-order valence-corrected chi connectivity index (χ0v) is 16.7. The highest BCUT2D eigenvalue weighted by atomic mass is 16.5. The Morgan fingerprint density at radius 2 is 1.93 bits per heavy atom. The molecule has 1 aliphatic carbocycles. The van der Waals surface area contributed by atoms with Crippen molar-refractivity contribution in [3.8, 4) is 5.75 Å². The predicted octanol–water partition coefficient (Wildman–Crippen LogP) is 3.90. The molecule has 1 unspecified atom stereocenters. The van der Waals surface area contributed by atoms with Gasteiger partial charge in [0.2, 0.25) is 0 Å². The van der Waals surface area contributed by atoms with Gasteiger partial charge in [-0.3, -0.25) is 4.79 Å². The van der Waals surface area contributed by atoms with E-state index in [0.29, 0.717) is 12.6 Å². The van der Waals surface area contributed by atoms with Crippen LogP contribution in [0.25, 0.3) is 0 Å². The lowest BCUT2D eigenvalue weighted by Crippen LogP contribution is -2.34. The molecule has 4 heteroatoms. The smallest absolute Gasteiger partial charge is 0.257 e. The van der Waals surface area contributed by atoms with Crippen molar-refractivity contribution in [3.05, 3.63) is 59.2 Å². The largest absolute Gasteiger partial charge is 0.483 e. The standard InChI is InChI=1S/C24H30N2O2/c1-18-16-20-9-3-5-12-22(20)26(18)15-7-14-25-24(27)17-28-23-13-6-10-19-8-2-4-11-21(19)23/h3,5-6,9-10,12-13,18H,2,4,7-8,11,14-17H2,1H3,(H,25,27). The average Bonchev–Trinajstić information content (AvgIpc) is 3.04. The van der Waals surface area contributed by atoms with Gasteiger partial charge in [0.05, 0.1) is 0 Å². The maximum atomic E-state index is 12.2. The Morgan fingerprint density at radius 3 is 2.86 bits per heavy atom. The summed E-state index contributed by atoms with van der Waals surface area (Å²) in [5.41, 5.74) is 5.45. The van der Waals surface area contributed by atoms with Gasteiger partial charge in [-0.25, -0.2) is 0 Å². The van der Waals surface area contributed by atoms with Crippen LogP contribution < -0.4 is 15.0 Å². The molecular formula is C24H30N2O2. The molecule has 1 aliphatic heterocycles. The number of benzene rings is 2. The number of amides is 1. The summed E-state index contributed by atoms with van der Waals surface area (Å²) < 4.78 is 5.84. The second kappa shape index (κ2) is 8.68. The molecule has 2 aromatic carbocycles. The summed E-state index contributed by atoms with van der Waals surface area (Å²) in [6.45, 7) is 4.01. The van der Waals surface area contributed by atoms with Crippen LogP contribution in [-0.4, -0.2) is 31.6 Å². The molecule has 28 heavy (non-hydrogen) atoms. The topological polar surface area (TPSA) is 41.6 Å². The van der Waals surface area contributed by atoms with E-state index in [0.717, 1.165) is 38.0 Å². The lowest BCUT2D eigenvalue weighted by molar-refractivity contribution is -0.123. The first-order valence-corrected chi connectivity index (χ1v) is 10.6. The molecule has 2 aromatic rings. The molecule has 0 saturated carbocycles. The fourth-order valence-corrected chi connectivity index (χ4v) is 4.52. The number of aryl methyl sites for hydroxylation is 1. The number of hydrogen-bond donors (Lipinski definition) is 1. The van der Waals surface area contributed by atoms with E-state index in [-0.39, 0.29) is 12.5 Å². The Labute approximate surface area is 167 Å². The van der Waals surface area contributed by atoms with Gasteiger partial charge < -0.3 is 15.0 Å². The molecule has 1 heterocycles. The van der Waals surface area contributed by atoms with Crippen molar-refractivity contribution in [2.75, 3.05) is 24.6 Å². The molecule has 0 saturated heterocycles. The third kappa shape index (κ3) is 4.16. The summed E-state index contributed by atoms with van der Waals surface area (Å²) in [4.78, 5) is 14.6. The van der Waals surface area contributed by atoms with Gasteiger partial charge in [0.25, 0.3) is 5.91 Å². The highest BCUT2D eigenvalue weighted by molar-refractivity contribution is 5.77. The van der Waals surface area contributed by atoms with E-state index in [1.165, 1.54) is 35.2 Å². The van der Waals surface area contributed by atoms with E-state index in [1.807, 2.05) is 12.1 Å². The molecule has 2 aliphatic rings. The predicted molar refractivity (Wildman–Crippen MR) is 113 cm³/mol. The van der Waals surface area contributed by atoms with Crippen LogP contribution >= 0.6 is 0 Å². The van der Waals surface area contributed by atoms with Gasteiger partial charge in [0, 0.05) is 24.8 Å². The molecule has 0 spiro atoms. The Balaban J connectivity index is 1.21. The summed E-state index contributed by atoms with van der Waals surface area (Å²) in [5.74, 6) is 0.845. The van der Waals surface area contributed by atoms with Crippen molar-refractivity contribution in [2.45, 2.75) is 51.5 Å². The average molecular weight is 379 g/mol. The van der Waals surface area contributed by atoms with E-state index >= 15 is 0 Å². The number of nitrogens with one attached hydrogen (secondary N) is 1. The number of hydrogen-bond acceptors (Lipinski definition) is 3. The Morgan fingerprint density at radius 1 is 1.11 bits per heavy atom. The molecule has 1 N–H and O–H groups in total. The van der Waals surface area contributed by atoms with Crippen LogP contribution in [0, 0.1) is 0 Å². The van der Waals surface area contributed by atoms with Crippen LogP contribution in [0.5, 0.6) is 5.75 Å². The van der Waals surface area contributed by atoms with E-state index < -0.39 is 0 Å². The van der Waals surface area contributed by atoms with E-state index in [1.54, 1.807) is 0 Å². The number of carbonyl (C=O) groups is 1. The number of fused-ring (bicyclic) bond motifs is 2. The van der Waals surface area contributed by atoms with Gasteiger partial charge in [-0.2, -0.15) is 0 Å². The number of anilines is 1. The quantitative estimate of drug-likeness (QED) is 0.743. The van der Waals surface area contributed by atoms with Gasteiger partial charge in [-0.05, 0) is 74.3 Å². The van der Waals surface area contributed by atoms with Crippen molar-refractivity contribution < 1.29 is 9.53 Å². The zero-order valence-electron chi connectivity index (χ0n) is 16.7. The van der Waals surface area contributed by atoms with Gasteiger partial charge in [-0.15, -0.1) is 0 Å². The Kier molecular flexibility index (Phi) is 5.84. The van der Waals surface area contributed by atoms with Crippen LogP contribution in [0.1, 0.15) is 42.9 Å². The monoisotopic (exact) mass is 378 g/mol. The molecule has 1 atom stereocenters. The molecule has 1 amide bonds. The van der Waals surface area contributed by atoms with Gasteiger partial charge in [0.15, 0.2) is 6.61 Å². The number of para-hydroxylation sites is 1. The Bertz CT molecular complexity index is 833. The minimum Gasteiger partial charge on any atom is -0.483 e. The van der Waals surface area contributed by atoms with Gasteiger partial charge in [0.1, 0.15) is 5.75 Å². The zero-order chi connectivity index (χ0) is 19.3. The first kappa shape index (κ1) is 18.9. The van der Waals surface area contributed by atoms with Crippen LogP contribution in [0.2, 0.25) is 0 Å². The SMILES string of the molecule is CC1Cc2ccccc2N1CCCNC(=O)COc1cccc2c1CCCC2.